The maximum Gasteiger partial charge on any atom is 0.225 e. The van der Waals surface area contributed by atoms with Crippen molar-refractivity contribution in [1.29, 1.82) is 0 Å². The number of benzene rings is 11. The second-order valence-corrected chi connectivity index (χ2v) is 22.4. The molecule has 0 fully saturated rings. The summed E-state index contributed by atoms with van der Waals surface area (Å²) in [4.78, 5) is 9.38. The lowest BCUT2D eigenvalue weighted by Gasteiger charge is -2.27. The van der Waals surface area contributed by atoms with Crippen molar-refractivity contribution >= 4 is 171 Å². The highest BCUT2D eigenvalue weighted by Gasteiger charge is 2.34. The van der Waals surface area contributed by atoms with E-state index in [2.05, 4.69) is 128 Å². The maximum atomic E-state index is 10.1. The molecular weight excluding hydrogens is 983 g/mol. The standard InChI is InChI=1S/C68H35N5S3/c1-69-58-57(38-18-4-3-5-19-38)63(71-51-26-12-6-20-39(51)45-32-35-48-42-23-9-15-29-54(42)74-66(48)60(45)71)65(73-53-28-14-8-22-41(53)47-34-37-50-44-25-11-17-31-56(44)76-68(50)62(47)73)59(70-2)64(58)72-52-27-13-7-21-40(52)46-33-36-49-43-24-10-16-30-55(43)75-67(49)61(46)72/h3-37H/i3D,4D,5D,18D,19D. The molecule has 11 aromatic carbocycles. The minimum absolute atomic E-state index is 0.0266. The summed E-state index contributed by atoms with van der Waals surface area (Å²) in [7, 11) is 0. The number of hydrogen-bond donors (Lipinski definition) is 0. The highest BCUT2D eigenvalue weighted by Crippen LogP contribution is 2.57. The Balaban J connectivity index is 1.22. The Morgan fingerprint density at radius 3 is 1.08 bits per heavy atom. The maximum absolute atomic E-state index is 10.1. The molecule has 6 aromatic heterocycles. The molecule has 0 atom stereocenters. The van der Waals surface area contributed by atoms with Gasteiger partial charge in [0.1, 0.15) is 0 Å². The van der Waals surface area contributed by atoms with Crippen LogP contribution in [-0.4, -0.2) is 13.7 Å². The Hall–Kier alpha value is -9.54. The molecule has 76 heavy (non-hydrogen) atoms. The molecule has 0 radical (unpaired) electrons. The van der Waals surface area contributed by atoms with Gasteiger partial charge in [0.2, 0.25) is 11.4 Å². The van der Waals surface area contributed by atoms with E-state index in [-0.39, 0.29) is 28.2 Å². The summed E-state index contributed by atoms with van der Waals surface area (Å²) in [6, 6.07) is 59.9. The van der Waals surface area contributed by atoms with Gasteiger partial charge >= 0.3 is 0 Å². The fourth-order valence-electron chi connectivity index (χ4n) is 12.5. The number of fused-ring (bicyclic) bond motifs is 21. The molecule has 0 unspecified atom stereocenters. The molecule has 17 rings (SSSR count). The van der Waals surface area contributed by atoms with Crippen molar-refractivity contribution < 1.29 is 6.85 Å². The average molecular weight is 1020 g/mol. The largest absolute Gasteiger partial charge is 0.328 e. The summed E-state index contributed by atoms with van der Waals surface area (Å²) < 4.78 is 60.7. The van der Waals surface area contributed by atoms with Crippen molar-refractivity contribution in [2.45, 2.75) is 0 Å². The van der Waals surface area contributed by atoms with Crippen LogP contribution in [0, 0.1) is 13.1 Å². The van der Waals surface area contributed by atoms with E-state index in [0.717, 1.165) is 126 Å². The molecule has 0 saturated carbocycles. The molecule has 0 saturated heterocycles. The van der Waals surface area contributed by atoms with Gasteiger partial charge in [0.15, 0.2) is 0 Å². The van der Waals surface area contributed by atoms with Crippen LogP contribution in [0.4, 0.5) is 11.4 Å². The second-order valence-electron chi connectivity index (χ2n) is 19.2. The van der Waals surface area contributed by atoms with E-state index >= 15 is 0 Å². The smallest absolute Gasteiger partial charge is 0.225 e. The summed E-state index contributed by atoms with van der Waals surface area (Å²) >= 11 is 5.00. The highest BCUT2D eigenvalue weighted by molar-refractivity contribution is 7.27. The monoisotopic (exact) mass is 1020 g/mol. The van der Waals surface area contributed by atoms with Gasteiger partial charge in [-0.25, -0.2) is 9.69 Å². The van der Waals surface area contributed by atoms with Crippen molar-refractivity contribution in [1.82, 2.24) is 13.7 Å². The number of nitrogens with zero attached hydrogens (tertiary/aromatic N) is 5. The number of hydrogen-bond acceptors (Lipinski definition) is 3. The Labute approximate surface area is 452 Å². The minimum Gasteiger partial charge on any atom is -0.328 e. The zero-order chi connectivity index (χ0) is 54.3. The predicted molar refractivity (Wildman–Crippen MR) is 326 cm³/mol. The molecular formula is C68H35N5S3. The lowest BCUT2D eigenvalue weighted by Crippen LogP contribution is -2.09. The van der Waals surface area contributed by atoms with Gasteiger partial charge in [-0.05, 0) is 42.0 Å². The van der Waals surface area contributed by atoms with Gasteiger partial charge in [-0.3, -0.25) is 0 Å². The predicted octanol–water partition coefficient (Wildman–Crippen LogP) is 20.9. The third-order valence-corrected chi connectivity index (χ3v) is 19.1. The van der Waals surface area contributed by atoms with Crippen molar-refractivity contribution in [3.63, 3.8) is 0 Å². The van der Waals surface area contributed by atoms with Gasteiger partial charge in [0.25, 0.3) is 0 Å². The Bertz CT molecular complexity index is 5810. The molecule has 17 aromatic rings. The van der Waals surface area contributed by atoms with E-state index in [1.807, 2.05) is 72.8 Å². The zero-order valence-corrected chi connectivity index (χ0v) is 42.2. The van der Waals surface area contributed by atoms with Crippen LogP contribution >= 0.6 is 34.0 Å². The summed E-state index contributed by atoms with van der Waals surface area (Å²) in [5.74, 6) is 0. The summed E-state index contributed by atoms with van der Waals surface area (Å²) in [6.07, 6.45) is 0. The van der Waals surface area contributed by atoms with Crippen molar-refractivity contribution in [2.24, 2.45) is 0 Å². The Morgan fingerprint density at radius 2 is 0.671 bits per heavy atom. The lowest BCUT2D eigenvalue weighted by molar-refractivity contribution is 1.09. The van der Waals surface area contributed by atoms with Gasteiger partial charge in [-0.2, -0.15) is 0 Å². The normalized spacial score (nSPS) is 13.1. The summed E-state index contributed by atoms with van der Waals surface area (Å²) in [6.45, 7) is 19.8. The van der Waals surface area contributed by atoms with Crippen LogP contribution in [0.1, 0.15) is 6.85 Å². The molecule has 0 spiro atoms. The van der Waals surface area contributed by atoms with Gasteiger partial charge in [0.05, 0.1) is 84.3 Å². The van der Waals surface area contributed by atoms with Gasteiger partial charge < -0.3 is 13.7 Å². The van der Waals surface area contributed by atoms with Gasteiger partial charge in [-0.1, -0.05) is 176 Å². The zero-order valence-electron chi connectivity index (χ0n) is 44.8. The number of rotatable bonds is 4. The third-order valence-electron chi connectivity index (χ3n) is 15.6. The van der Waals surface area contributed by atoms with Crippen LogP contribution < -0.4 is 0 Å². The number of thiophene rings is 3. The average Bonchev–Trinajstić information content (AvgIpc) is 2.54. The number of aromatic nitrogens is 3. The van der Waals surface area contributed by atoms with E-state index < -0.39 is 30.2 Å². The van der Waals surface area contributed by atoms with E-state index in [9.17, 15) is 18.6 Å². The van der Waals surface area contributed by atoms with Crippen molar-refractivity contribution in [3.8, 4) is 28.2 Å². The van der Waals surface area contributed by atoms with Gasteiger partial charge in [0, 0.05) is 84.3 Å². The van der Waals surface area contributed by atoms with Crippen molar-refractivity contribution in [2.75, 3.05) is 0 Å². The van der Waals surface area contributed by atoms with E-state index in [4.69, 9.17) is 6.22 Å². The molecule has 0 bridgehead atoms. The Kier molecular flexibility index (Phi) is 7.59. The quantitative estimate of drug-likeness (QED) is 0.157. The molecule has 0 aliphatic heterocycles. The fraction of sp³-hybridized carbons (Fsp3) is 0. The van der Waals surface area contributed by atoms with E-state index in [1.54, 1.807) is 34.0 Å². The molecule has 0 aliphatic carbocycles. The Morgan fingerprint density at radius 1 is 0.329 bits per heavy atom. The molecule has 8 heteroatoms. The highest BCUT2D eigenvalue weighted by atomic mass is 32.1. The van der Waals surface area contributed by atoms with Crippen LogP contribution in [0.15, 0.2) is 212 Å². The van der Waals surface area contributed by atoms with Gasteiger partial charge in [-0.15, -0.1) is 34.0 Å². The minimum atomic E-state index is -0.550. The first-order valence-corrected chi connectivity index (χ1v) is 27.3. The second kappa shape index (κ2) is 15.5. The van der Waals surface area contributed by atoms with E-state index in [0.29, 0.717) is 11.4 Å². The molecule has 0 N–H and O–H groups in total. The molecule has 5 nitrogen and oxygen atoms in total. The van der Waals surface area contributed by atoms with Crippen molar-refractivity contribution in [3.05, 3.63) is 235 Å². The first kappa shape index (κ1) is 37.2. The van der Waals surface area contributed by atoms with Crippen LogP contribution in [0.2, 0.25) is 0 Å². The fourth-order valence-corrected chi connectivity index (χ4v) is 16.3. The van der Waals surface area contributed by atoms with Crippen LogP contribution in [0.5, 0.6) is 0 Å². The van der Waals surface area contributed by atoms with Crippen LogP contribution in [0.25, 0.3) is 164 Å². The number of para-hydroxylation sites is 3. The first-order chi connectivity index (χ1) is 39.7. The molecule has 0 aliphatic rings. The van der Waals surface area contributed by atoms with E-state index in [1.165, 1.54) is 0 Å². The molecule has 6 heterocycles. The SMILES string of the molecule is [2H]c1c([2H])c([2H])c(-c2c([N+]#[C-])c(-n3c4ccccc4c4ccc5c6ccccc6sc5c43)c([N+]#[C-])c(-n3c4ccccc4c4ccc5c6ccccc6sc5c43)c2-n2c3ccccc3c3ccc4c5ccccc5sc4c32)c([2H])c1[2H]. The summed E-state index contributed by atoms with van der Waals surface area (Å²) in [5.41, 5.74) is 5.84. The first-order valence-electron chi connectivity index (χ1n) is 27.3. The molecule has 0 amide bonds. The topological polar surface area (TPSA) is 23.5 Å². The molecule has 350 valence electrons. The third kappa shape index (κ3) is 5.39. The summed E-state index contributed by atoms with van der Waals surface area (Å²) in [5, 5.41) is 11.9. The van der Waals surface area contributed by atoms with Crippen LogP contribution in [-0.2, 0) is 0 Å². The lowest BCUT2D eigenvalue weighted by atomic mass is 9.96. The van der Waals surface area contributed by atoms with Crippen LogP contribution in [0.3, 0.4) is 0 Å².